The Balaban J connectivity index is 1.35. The van der Waals surface area contributed by atoms with Crippen LogP contribution in [0.2, 0.25) is 0 Å². The minimum Gasteiger partial charge on any atom is -0.228 e. The molecular formula is C45H30N2. The number of aromatic nitrogens is 2. The molecule has 0 amide bonds. The highest BCUT2D eigenvalue weighted by molar-refractivity contribution is 6.01. The number of hydrogen-bond acceptors (Lipinski definition) is 2. The predicted molar refractivity (Wildman–Crippen MR) is 193 cm³/mol. The van der Waals surface area contributed by atoms with Crippen LogP contribution in [0.1, 0.15) is 22.3 Å². The molecule has 9 rings (SSSR count). The van der Waals surface area contributed by atoms with E-state index in [0.29, 0.717) is 5.82 Å². The molecule has 8 aromatic rings. The van der Waals surface area contributed by atoms with Crippen LogP contribution >= 0.6 is 0 Å². The summed E-state index contributed by atoms with van der Waals surface area (Å²) in [5.74, 6) is 0.713. The Hall–Kier alpha value is -6.12. The molecule has 0 atom stereocenters. The first kappa shape index (κ1) is 27.2. The van der Waals surface area contributed by atoms with Crippen molar-refractivity contribution in [3.8, 4) is 45.0 Å². The maximum atomic E-state index is 5.18. The van der Waals surface area contributed by atoms with Gasteiger partial charge in [-0.2, -0.15) is 0 Å². The average Bonchev–Trinajstić information content (AvgIpc) is 3.47. The topological polar surface area (TPSA) is 25.8 Å². The van der Waals surface area contributed by atoms with Crippen molar-refractivity contribution in [3.63, 3.8) is 0 Å². The number of benzene rings is 7. The SMILES string of the molecule is c1ccc(-c2cc(-c3ccccc3)nc(-c3ccc4ccc5c(c4c3)C(c3ccccc3)(c3ccccc3)c3ccccc3-5)n2)cc1. The van der Waals surface area contributed by atoms with E-state index in [1.165, 1.54) is 44.2 Å². The second kappa shape index (κ2) is 11.0. The minimum atomic E-state index is -0.492. The van der Waals surface area contributed by atoms with Crippen LogP contribution in [-0.4, -0.2) is 9.97 Å². The van der Waals surface area contributed by atoms with Gasteiger partial charge in [0.15, 0.2) is 5.82 Å². The van der Waals surface area contributed by atoms with E-state index in [-0.39, 0.29) is 0 Å². The largest absolute Gasteiger partial charge is 0.228 e. The van der Waals surface area contributed by atoms with Gasteiger partial charge in [0.2, 0.25) is 0 Å². The Morgan fingerprint density at radius 2 is 0.894 bits per heavy atom. The van der Waals surface area contributed by atoms with Crippen LogP contribution in [0.25, 0.3) is 55.8 Å². The summed E-state index contributed by atoms with van der Waals surface area (Å²) in [5, 5.41) is 2.40. The molecule has 7 aromatic carbocycles. The molecular weight excluding hydrogens is 569 g/mol. The Bertz CT molecular complexity index is 2280. The first-order valence-corrected chi connectivity index (χ1v) is 16.1. The highest BCUT2D eigenvalue weighted by Gasteiger charge is 2.47. The van der Waals surface area contributed by atoms with E-state index in [2.05, 4.69) is 170 Å². The summed E-state index contributed by atoms with van der Waals surface area (Å²) in [7, 11) is 0. The molecule has 1 aliphatic carbocycles. The monoisotopic (exact) mass is 598 g/mol. The van der Waals surface area contributed by atoms with Crippen LogP contribution in [0.4, 0.5) is 0 Å². The third kappa shape index (κ3) is 4.34. The molecule has 47 heavy (non-hydrogen) atoms. The molecule has 220 valence electrons. The molecule has 0 unspecified atom stereocenters. The van der Waals surface area contributed by atoms with Crippen molar-refractivity contribution in [2.24, 2.45) is 0 Å². The fourth-order valence-corrected chi connectivity index (χ4v) is 7.50. The van der Waals surface area contributed by atoms with E-state index in [0.717, 1.165) is 28.1 Å². The van der Waals surface area contributed by atoms with Gasteiger partial charge in [0, 0.05) is 16.7 Å². The zero-order chi connectivity index (χ0) is 31.2. The molecule has 0 spiro atoms. The molecule has 0 bridgehead atoms. The van der Waals surface area contributed by atoms with Crippen LogP contribution < -0.4 is 0 Å². The summed E-state index contributed by atoms with van der Waals surface area (Å²) in [4.78, 5) is 10.4. The van der Waals surface area contributed by atoms with E-state index >= 15 is 0 Å². The summed E-state index contributed by atoms with van der Waals surface area (Å²) >= 11 is 0. The first-order chi connectivity index (χ1) is 23.3. The lowest BCUT2D eigenvalue weighted by Crippen LogP contribution is -2.28. The van der Waals surface area contributed by atoms with Gasteiger partial charge in [-0.1, -0.05) is 170 Å². The number of hydrogen-bond donors (Lipinski definition) is 0. The summed E-state index contributed by atoms with van der Waals surface area (Å²) in [6, 6.07) is 65.0. The molecule has 0 saturated heterocycles. The number of fused-ring (bicyclic) bond motifs is 5. The van der Waals surface area contributed by atoms with E-state index in [1.807, 2.05) is 12.1 Å². The van der Waals surface area contributed by atoms with Crippen molar-refractivity contribution in [2.75, 3.05) is 0 Å². The summed E-state index contributed by atoms with van der Waals surface area (Å²) in [5.41, 5.74) is 12.1. The Morgan fingerprint density at radius 1 is 0.383 bits per heavy atom. The van der Waals surface area contributed by atoms with E-state index in [4.69, 9.17) is 9.97 Å². The van der Waals surface area contributed by atoms with E-state index in [9.17, 15) is 0 Å². The van der Waals surface area contributed by atoms with Crippen LogP contribution in [0, 0.1) is 0 Å². The maximum absolute atomic E-state index is 5.18. The molecule has 0 N–H and O–H groups in total. The fraction of sp³-hybridized carbons (Fsp3) is 0.0222. The molecule has 2 heteroatoms. The first-order valence-electron chi connectivity index (χ1n) is 16.1. The smallest absolute Gasteiger partial charge is 0.160 e. The fourth-order valence-electron chi connectivity index (χ4n) is 7.50. The number of nitrogens with zero attached hydrogens (tertiary/aromatic N) is 2. The van der Waals surface area contributed by atoms with Gasteiger partial charge in [0.05, 0.1) is 16.8 Å². The summed E-state index contributed by atoms with van der Waals surface area (Å²) in [6.45, 7) is 0. The van der Waals surface area contributed by atoms with Gasteiger partial charge in [0.25, 0.3) is 0 Å². The summed E-state index contributed by atoms with van der Waals surface area (Å²) < 4.78 is 0. The minimum absolute atomic E-state index is 0.492. The van der Waals surface area contributed by atoms with Gasteiger partial charge >= 0.3 is 0 Å². The highest BCUT2D eigenvalue weighted by Crippen LogP contribution is 2.58. The van der Waals surface area contributed by atoms with Crippen LogP contribution in [0.3, 0.4) is 0 Å². The standard InChI is InChI=1S/C45H30N2/c1-5-15-32(16-6-1)41-30-42(33-17-7-2-8-18-33)47-44(46-41)34-26-25-31-27-28-38-37-23-13-14-24-40(37)45(43(38)39(31)29-34,35-19-9-3-10-20-35)36-21-11-4-12-22-36/h1-30H. The molecule has 0 fully saturated rings. The normalized spacial score (nSPS) is 12.9. The zero-order valence-corrected chi connectivity index (χ0v) is 25.7. The molecule has 2 nitrogen and oxygen atoms in total. The van der Waals surface area contributed by atoms with Gasteiger partial charge in [0.1, 0.15) is 0 Å². The summed E-state index contributed by atoms with van der Waals surface area (Å²) in [6.07, 6.45) is 0. The van der Waals surface area contributed by atoms with Crippen molar-refractivity contribution >= 4 is 10.8 Å². The van der Waals surface area contributed by atoms with Crippen molar-refractivity contribution in [1.29, 1.82) is 0 Å². The van der Waals surface area contributed by atoms with E-state index in [1.54, 1.807) is 0 Å². The van der Waals surface area contributed by atoms with Crippen LogP contribution in [0.5, 0.6) is 0 Å². The van der Waals surface area contributed by atoms with Gasteiger partial charge < -0.3 is 0 Å². The third-order valence-corrected chi connectivity index (χ3v) is 9.55. The Morgan fingerprint density at radius 3 is 1.49 bits per heavy atom. The third-order valence-electron chi connectivity index (χ3n) is 9.55. The second-order valence-electron chi connectivity index (χ2n) is 12.1. The Kier molecular flexibility index (Phi) is 6.39. The zero-order valence-electron chi connectivity index (χ0n) is 25.7. The molecule has 1 heterocycles. The van der Waals surface area contributed by atoms with Crippen molar-refractivity contribution in [3.05, 3.63) is 204 Å². The molecule has 1 aliphatic rings. The van der Waals surface area contributed by atoms with Gasteiger partial charge in [-0.25, -0.2) is 9.97 Å². The maximum Gasteiger partial charge on any atom is 0.160 e. The number of rotatable bonds is 5. The van der Waals surface area contributed by atoms with Gasteiger partial charge in [-0.3, -0.25) is 0 Å². The van der Waals surface area contributed by atoms with Gasteiger partial charge in [-0.05, 0) is 56.3 Å². The van der Waals surface area contributed by atoms with Crippen LogP contribution in [0.15, 0.2) is 182 Å². The molecule has 0 saturated carbocycles. The lowest BCUT2D eigenvalue weighted by Gasteiger charge is -2.34. The lowest BCUT2D eigenvalue weighted by molar-refractivity contribution is 0.775. The highest BCUT2D eigenvalue weighted by atomic mass is 14.9. The van der Waals surface area contributed by atoms with Gasteiger partial charge in [-0.15, -0.1) is 0 Å². The van der Waals surface area contributed by atoms with Crippen LogP contribution in [-0.2, 0) is 5.41 Å². The van der Waals surface area contributed by atoms with Crippen molar-refractivity contribution in [1.82, 2.24) is 9.97 Å². The molecule has 0 aliphatic heterocycles. The Labute approximate surface area is 274 Å². The molecule has 1 aromatic heterocycles. The lowest BCUT2D eigenvalue weighted by atomic mass is 9.66. The second-order valence-corrected chi connectivity index (χ2v) is 12.1. The van der Waals surface area contributed by atoms with E-state index < -0.39 is 5.41 Å². The predicted octanol–water partition coefficient (Wildman–Crippen LogP) is 11.0. The average molecular weight is 599 g/mol. The molecule has 0 radical (unpaired) electrons. The van der Waals surface area contributed by atoms with Crippen molar-refractivity contribution < 1.29 is 0 Å². The van der Waals surface area contributed by atoms with Crippen molar-refractivity contribution in [2.45, 2.75) is 5.41 Å². The quantitative estimate of drug-likeness (QED) is 0.197.